The summed E-state index contributed by atoms with van der Waals surface area (Å²) in [5.41, 5.74) is 0.914. The van der Waals surface area contributed by atoms with E-state index in [4.69, 9.17) is 24.1 Å². The third-order valence-corrected chi connectivity index (χ3v) is 15.7. The number of carboxylic acid groups (broad SMARTS) is 1. The first kappa shape index (κ1) is 59.3. The predicted octanol–water partition coefficient (Wildman–Crippen LogP) is 4.82. The Bertz CT molecular complexity index is 1880. The third kappa shape index (κ3) is 16.9. The number of hydrogen-bond donors (Lipinski definition) is 3. The number of carbonyl (C=O) groups excluding carboxylic acids is 6. The van der Waals surface area contributed by atoms with Crippen molar-refractivity contribution in [1.82, 2.24) is 25.3 Å². The number of likely N-dealkylation sites (N-methyl/N-ethyl adjacent to an activating group) is 2. The molecule has 2 aliphatic heterocycles. The molecule has 17 heteroatoms. The Morgan fingerprint density at radius 1 is 0.831 bits per heavy atom. The molecule has 3 aliphatic rings. The van der Waals surface area contributed by atoms with Crippen molar-refractivity contribution < 1.29 is 57.6 Å². The van der Waals surface area contributed by atoms with E-state index < -0.39 is 47.9 Å². The van der Waals surface area contributed by atoms with E-state index in [1.165, 1.54) is 6.92 Å². The molecule has 3 N–H and O–H groups in total. The van der Waals surface area contributed by atoms with Crippen molar-refractivity contribution in [3.8, 4) is 0 Å². The average Bonchev–Trinajstić information content (AvgIpc) is 4.11. The molecule has 1 aromatic carbocycles. The molecule has 0 spiro atoms. The van der Waals surface area contributed by atoms with Crippen LogP contribution in [0.15, 0.2) is 30.3 Å². The van der Waals surface area contributed by atoms with Crippen LogP contribution in [-0.4, -0.2) is 172 Å². The lowest BCUT2D eigenvalue weighted by Crippen LogP contribution is -2.54. The number of fused-ring (bicyclic) bond motifs is 2. The number of likely N-dealkylation sites (tertiary alicyclic amines) is 2. The summed E-state index contributed by atoms with van der Waals surface area (Å²) in [7, 11) is 6.96. The first-order valence-corrected chi connectivity index (χ1v) is 26.2. The molecule has 1 aromatic rings. The molecule has 1 unspecified atom stereocenters. The van der Waals surface area contributed by atoms with Crippen LogP contribution in [0.1, 0.15) is 111 Å². The average molecular weight is 998 g/mol. The molecule has 1 saturated carbocycles. The maximum absolute atomic E-state index is 14.5. The quantitative estimate of drug-likeness (QED) is 0.0809. The van der Waals surface area contributed by atoms with Gasteiger partial charge in [-0.05, 0) is 68.9 Å². The number of benzene rings is 1. The molecule has 2 bridgehead atoms. The van der Waals surface area contributed by atoms with Crippen molar-refractivity contribution >= 4 is 41.2 Å². The Hall–Kier alpha value is -4.29. The second kappa shape index (κ2) is 29.4. The number of hydrogen-bond acceptors (Lipinski definition) is 12. The standard InChI is InChI=1S/C54H87N5O12/c1-11-35(4)49(58(8)53(65)42(34(2)3)32-45(61)50-39-19-20-41(30-39)57(50)7)46(68-9)33-48(63)59-23-15-18-43(59)51(69-10)37(6)44(60)31-40(29-38-16-13-12-14-17-38)52(64)56-22-25-71-27-26-70-24-21-55-47(62)28-36(5)54(66)67/h12-14,16-17,34-37,39-43,46,49-51H,11,15,18-33H2,1-10H3,(H,55,62)(H,56,64)(H,66,67)/t35-,36?,37-,39-,40+,41+,42-,43-,46+,49-,50-,51+/m0/s1. The second-order valence-electron chi connectivity index (χ2n) is 20.8. The number of ketones is 2. The number of aliphatic carboxylic acids is 1. The first-order valence-electron chi connectivity index (χ1n) is 26.2. The number of nitrogens with zero attached hydrogens (tertiary/aromatic N) is 3. The van der Waals surface area contributed by atoms with Gasteiger partial charge in [0.1, 0.15) is 5.78 Å². The highest BCUT2D eigenvalue weighted by Crippen LogP contribution is 2.43. The van der Waals surface area contributed by atoms with Gasteiger partial charge < -0.3 is 44.5 Å². The maximum atomic E-state index is 14.5. The van der Waals surface area contributed by atoms with Crippen molar-refractivity contribution in [2.75, 3.05) is 74.4 Å². The van der Waals surface area contributed by atoms with Gasteiger partial charge in [0.15, 0.2) is 5.78 Å². The Labute approximate surface area is 423 Å². The molecule has 2 saturated heterocycles. The molecule has 3 fully saturated rings. The minimum Gasteiger partial charge on any atom is -0.481 e. The van der Waals surface area contributed by atoms with Gasteiger partial charge >= 0.3 is 5.97 Å². The van der Waals surface area contributed by atoms with Gasteiger partial charge in [-0.25, -0.2) is 0 Å². The van der Waals surface area contributed by atoms with Crippen molar-refractivity contribution in [3.05, 3.63) is 35.9 Å². The third-order valence-electron chi connectivity index (χ3n) is 15.7. The minimum absolute atomic E-state index is 0.0167. The highest BCUT2D eigenvalue weighted by atomic mass is 16.5. The summed E-state index contributed by atoms with van der Waals surface area (Å²) >= 11 is 0. The molecule has 71 heavy (non-hydrogen) atoms. The zero-order chi connectivity index (χ0) is 52.4. The van der Waals surface area contributed by atoms with E-state index in [0.29, 0.717) is 31.3 Å². The van der Waals surface area contributed by atoms with Crippen LogP contribution in [0, 0.1) is 41.4 Å². The lowest BCUT2D eigenvalue weighted by atomic mass is 9.83. The molecular formula is C54H87N5O12. The lowest BCUT2D eigenvalue weighted by Gasteiger charge is -2.41. The van der Waals surface area contributed by atoms with Gasteiger partial charge in [0, 0.05) is 84.0 Å². The largest absolute Gasteiger partial charge is 0.481 e. The summed E-state index contributed by atoms with van der Waals surface area (Å²) in [4.78, 5) is 99.4. The van der Waals surface area contributed by atoms with Gasteiger partial charge in [0.2, 0.25) is 23.6 Å². The van der Waals surface area contributed by atoms with E-state index in [0.717, 1.165) is 37.7 Å². The lowest BCUT2D eigenvalue weighted by molar-refractivity contribution is -0.149. The predicted molar refractivity (Wildman–Crippen MR) is 269 cm³/mol. The summed E-state index contributed by atoms with van der Waals surface area (Å²) < 4.78 is 23.3. The number of carbonyl (C=O) groups is 7. The summed E-state index contributed by atoms with van der Waals surface area (Å²) in [6, 6.07) is 9.02. The molecule has 1 aliphatic carbocycles. The fourth-order valence-corrected chi connectivity index (χ4v) is 11.2. The van der Waals surface area contributed by atoms with Gasteiger partial charge in [-0.3, -0.25) is 38.5 Å². The number of piperidine rings is 1. The van der Waals surface area contributed by atoms with E-state index in [1.54, 1.807) is 33.1 Å². The normalized spacial score (nSPS) is 22.3. The van der Waals surface area contributed by atoms with Crippen LogP contribution in [-0.2, 0) is 58.9 Å². The van der Waals surface area contributed by atoms with Crippen LogP contribution >= 0.6 is 0 Å². The van der Waals surface area contributed by atoms with Crippen molar-refractivity contribution in [3.63, 3.8) is 0 Å². The molecule has 4 amide bonds. The van der Waals surface area contributed by atoms with Gasteiger partial charge in [-0.1, -0.05) is 78.3 Å². The molecular weight excluding hydrogens is 911 g/mol. The van der Waals surface area contributed by atoms with E-state index in [-0.39, 0.29) is 124 Å². The Morgan fingerprint density at radius 2 is 1.49 bits per heavy atom. The Morgan fingerprint density at radius 3 is 2.07 bits per heavy atom. The fraction of sp³-hybridized carbons (Fsp3) is 0.759. The number of methoxy groups -OCH3 is 2. The summed E-state index contributed by atoms with van der Waals surface area (Å²) in [6.07, 6.45) is 4.49. The molecule has 0 aromatic heterocycles. The number of Topliss-reactive ketones (excluding diaryl/α,β-unsaturated/α-hetero) is 2. The van der Waals surface area contributed by atoms with Gasteiger partial charge in [0.25, 0.3) is 0 Å². The number of carboxylic acids is 1. The molecule has 400 valence electrons. The van der Waals surface area contributed by atoms with E-state index in [9.17, 15) is 33.6 Å². The number of rotatable bonds is 33. The zero-order valence-electron chi connectivity index (χ0n) is 44.4. The SMILES string of the molecule is CC[C@H](C)[C@@H]([C@@H](CC(=O)N1CCC[C@H]1[C@H](OC)[C@@H](C)C(=O)C[C@@H](Cc1ccccc1)C(=O)NCCOCCOCCNC(=O)CC(C)C(=O)O)OC)N(C)C(=O)[C@@H](CC(=O)[C@@H]1[C@H]2CC[C@H](C2)N1C)C(C)C. The highest BCUT2D eigenvalue weighted by molar-refractivity contribution is 5.91. The summed E-state index contributed by atoms with van der Waals surface area (Å²) in [5, 5.41) is 14.5. The van der Waals surface area contributed by atoms with Gasteiger partial charge in [0.05, 0.1) is 69.1 Å². The van der Waals surface area contributed by atoms with Crippen molar-refractivity contribution in [2.24, 2.45) is 41.4 Å². The van der Waals surface area contributed by atoms with Crippen molar-refractivity contribution in [2.45, 2.75) is 149 Å². The number of amides is 4. The molecule has 12 atom stereocenters. The van der Waals surface area contributed by atoms with E-state index in [1.807, 2.05) is 56.1 Å². The summed E-state index contributed by atoms with van der Waals surface area (Å²) in [5.74, 6) is -4.23. The van der Waals surface area contributed by atoms with Gasteiger partial charge in [-0.15, -0.1) is 0 Å². The van der Waals surface area contributed by atoms with Crippen LogP contribution < -0.4 is 10.6 Å². The van der Waals surface area contributed by atoms with Crippen LogP contribution in [0.5, 0.6) is 0 Å². The molecule has 4 rings (SSSR count). The monoisotopic (exact) mass is 998 g/mol. The second-order valence-corrected chi connectivity index (χ2v) is 20.8. The fourth-order valence-electron chi connectivity index (χ4n) is 11.2. The van der Waals surface area contributed by atoms with Crippen LogP contribution in [0.25, 0.3) is 0 Å². The van der Waals surface area contributed by atoms with Crippen molar-refractivity contribution in [1.29, 1.82) is 0 Å². The number of ether oxygens (including phenoxy) is 4. The van der Waals surface area contributed by atoms with E-state index in [2.05, 4.69) is 29.4 Å². The van der Waals surface area contributed by atoms with Gasteiger partial charge in [-0.2, -0.15) is 0 Å². The Kier molecular flexibility index (Phi) is 24.6. The van der Waals surface area contributed by atoms with Crippen LogP contribution in [0.2, 0.25) is 0 Å². The molecule has 2 heterocycles. The smallest absolute Gasteiger partial charge is 0.306 e. The number of nitrogens with one attached hydrogen (secondary N) is 2. The Balaban J connectivity index is 1.34. The maximum Gasteiger partial charge on any atom is 0.306 e. The topological polar surface area (TPSA) is 210 Å². The molecule has 17 nitrogen and oxygen atoms in total. The summed E-state index contributed by atoms with van der Waals surface area (Å²) in [6.45, 7) is 13.3. The first-order chi connectivity index (χ1) is 33.8. The zero-order valence-corrected chi connectivity index (χ0v) is 44.4. The highest BCUT2D eigenvalue weighted by Gasteiger charge is 2.48. The minimum atomic E-state index is -1.03. The van der Waals surface area contributed by atoms with E-state index >= 15 is 0 Å². The molecule has 0 radical (unpaired) electrons. The van der Waals surface area contributed by atoms with Crippen LogP contribution in [0.3, 0.4) is 0 Å². The van der Waals surface area contributed by atoms with Crippen LogP contribution in [0.4, 0.5) is 0 Å².